The van der Waals surface area contributed by atoms with Crippen molar-refractivity contribution >= 4 is 35.1 Å². The molecule has 0 saturated carbocycles. The third-order valence-electron chi connectivity index (χ3n) is 3.66. The van der Waals surface area contributed by atoms with Crippen LogP contribution in [-0.4, -0.2) is 24.7 Å². The summed E-state index contributed by atoms with van der Waals surface area (Å²) in [6.45, 7) is 4.60. The Labute approximate surface area is 121 Å². The van der Waals surface area contributed by atoms with Crippen LogP contribution < -0.4 is 3.71 Å². The average Bonchev–Trinajstić information content (AvgIpc) is 2.27. The molecule has 0 bridgehead atoms. The molecule has 0 aromatic carbocycles. The third kappa shape index (κ3) is 2.53. The normalized spacial score (nSPS) is 17.4. The summed E-state index contributed by atoms with van der Waals surface area (Å²) in [6, 6.07) is 2.24. The van der Waals surface area contributed by atoms with Gasteiger partial charge in [0.1, 0.15) is 0 Å². The number of aromatic nitrogens is 1. The first kappa shape index (κ1) is 14.1. The maximum atomic E-state index is 9.28. The van der Waals surface area contributed by atoms with Crippen LogP contribution in [-0.2, 0) is 12.8 Å². The second-order valence-electron chi connectivity index (χ2n) is 6.04. The van der Waals surface area contributed by atoms with E-state index in [2.05, 4.69) is 34.8 Å². The van der Waals surface area contributed by atoms with Crippen LogP contribution in [0.5, 0.6) is 0 Å². The van der Waals surface area contributed by atoms with Gasteiger partial charge < -0.3 is 0 Å². The van der Waals surface area contributed by atoms with Crippen LogP contribution in [0.4, 0.5) is 0 Å². The summed E-state index contributed by atoms with van der Waals surface area (Å²) in [5.41, 5.74) is 3.48. The number of halogens is 1. The Morgan fingerprint density at radius 1 is 1.33 bits per heavy atom. The number of fused-ring (bicyclic) bond motifs is 1. The van der Waals surface area contributed by atoms with Gasteiger partial charge in [0.15, 0.2) is 0 Å². The topological polar surface area (TPSA) is 36.7 Å². The predicted molar refractivity (Wildman–Crippen MR) is 76.9 cm³/mol. The van der Waals surface area contributed by atoms with Crippen molar-refractivity contribution in [1.29, 1.82) is 5.26 Å². The second-order valence-corrected chi connectivity index (χ2v) is 13.5. The molecular weight excluding hydrogens is 350 g/mol. The first-order valence-electron chi connectivity index (χ1n) is 6.27. The molecule has 1 radical (unpaired) electrons. The molecule has 1 aromatic heterocycles. The molecule has 1 aromatic rings. The number of rotatable bonds is 1. The molecular formula is C14H18ClN2Sn. The van der Waals surface area contributed by atoms with E-state index in [9.17, 15) is 5.26 Å². The first-order valence-corrected chi connectivity index (χ1v) is 13.8. The Kier molecular flexibility index (Phi) is 3.94. The Morgan fingerprint density at radius 2 is 2.00 bits per heavy atom. The zero-order valence-electron chi connectivity index (χ0n) is 11.4. The molecule has 2 nitrogen and oxygen atoms in total. The van der Waals surface area contributed by atoms with E-state index in [1.54, 1.807) is 0 Å². The van der Waals surface area contributed by atoms with Crippen molar-refractivity contribution in [2.24, 2.45) is 5.41 Å². The summed E-state index contributed by atoms with van der Waals surface area (Å²) < 4.78 is 1.27. The van der Waals surface area contributed by atoms with E-state index >= 15 is 0 Å². The van der Waals surface area contributed by atoms with Gasteiger partial charge in [-0.15, -0.1) is 0 Å². The fraction of sp³-hybridized carbons (Fsp3) is 0.571. The van der Waals surface area contributed by atoms with Gasteiger partial charge in [-0.3, -0.25) is 0 Å². The fourth-order valence-corrected chi connectivity index (χ4v) is 6.47. The van der Waals surface area contributed by atoms with Crippen molar-refractivity contribution in [3.05, 3.63) is 21.8 Å². The molecule has 0 atom stereocenters. The number of hydrogen-bond donors (Lipinski definition) is 0. The Balaban J connectivity index is 2.68. The summed E-state index contributed by atoms with van der Waals surface area (Å²) >= 11 is 4.60. The quantitative estimate of drug-likeness (QED) is 0.564. The van der Waals surface area contributed by atoms with Gasteiger partial charge >= 0.3 is 122 Å². The van der Waals surface area contributed by atoms with E-state index in [-0.39, 0.29) is 0 Å². The van der Waals surface area contributed by atoms with Crippen LogP contribution in [0.25, 0.3) is 0 Å². The molecule has 1 aliphatic carbocycles. The molecule has 18 heavy (non-hydrogen) atoms. The first-order chi connectivity index (χ1) is 8.35. The van der Waals surface area contributed by atoms with E-state index in [4.69, 9.17) is 11.6 Å². The van der Waals surface area contributed by atoms with Crippen LogP contribution in [0.1, 0.15) is 37.0 Å². The van der Waals surface area contributed by atoms with Gasteiger partial charge in [0, 0.05) is 0 Å². The monoisotopic (exact) mass is 369 g/mol. The van der Waals surface area contributed by atoms with Crippen LogP contribution in [0.3, 0.4) is 0 Å². The predicted octanol–water partition coefficient (Wildman–Crippen LogP) is 3.08. The standard InChI is InChI=1S/C12H12ClN2.2CH3.Sn/c1-12(2)4-3-9-8(5-12)7-15-11(13)10(9)6-14;;;/h3-5H2,1-2H3;2*1H3;. The number of nitriles is 1. The summed E-state index contributed by atoms with van der Waals surface area (Å²) in [4.78, 5) is 9.21. The van der Waals surface area contributed by atoms with Gasteiger partial charge in [0.2, 0.25) is 0 Å². The molecule has 0 unspecified atom stereocenters. The van der Waals surface area contributed by atoms with E-state index in [1.165, 1.54) is 14.8 Å². The van der Waals surface area contributed by atoms with Gasteiger partial charge in [-0.2, -0.15) is 0 Å². The van der Waals surface area contributed by atoms with Crippen LogP contribution in [0.15, 0.2) is 0 Å². The molecule has 0 spiro atoms. The van der Waals surface area contributed by atoms with Gasteiger partial charge in [-0.05, 0) is 0 Å². The van der Waals surface area contributed by atoms with Crippen LogP contribution >= 0.6 is 11.6 Å². The van der Waals surface area contributed by atoms with Crippen LogP contribution in [0, 0.1) is 16.7 Å². The van der Waals surface area contributed by atoms with Crippen molar-refractivity contribution in [3.8, 4) is 6.07 Å². The SMILES string of the molecule is [CH3][Sn]([CH3])[c]1nc(Cl)c(C#N)c2c1CC(C)(C)CC2. The molecule has 2 rings (SSSR count). The molecule has 1 heterocycles. The summed E-state index contributed by atoms with van der Waals surface area (Å²) in [5.74, 6) is 0. The molecule has 4 heteroatoms. The van der Waals surface area contributed by atoms with Crippen LogP contribution in [0.2, 0.25) is 15.0 Å². The Morgan fingerprint density at radius 3 is 2.56 bits per heavy atom. The number of hydrogen-bond acceptors (Lipinski definition) is 2. The van der Waals surface area contributed by atoms with E-state index < -0.39 is 19.8 Å². The van der Waals surface area contributed by atoms with Gasteiger partial charge in [-0.1, -0.05) is 0 Å². The summed E-state index contributed by atoms with van der Waals surface area (Å²) in [7, 11) is 0. The molecule has 1 aliphatic rings. The Hall–Kier alpha value is -0.271. The fourth-order valence-electron chi connectivity index (χ4n) is 2.66. The summed E-state index contributed by atoms with van der Waals surface area (Å²) in [6.07, 6.45) is 3.14. The maximum absolute atomic E-state index is 9.28. The average molecular weight is 368 g/mol. The number of nitrogens with zero attached hydrogens (tertiary/aromatic N) is 2. The minimum absolute atomic E-state index is 0.322. The van der Waals surface area contributed by atoms with Gasteiger partial charge in [0.05, 0.1) is 0 Å². The van der Waals surface area contributed by atoms with E-state index in [1.807, 2.05) is 0 Å². The van der Waals surface area contributed by atoms with E-state index in [0.717, 1.165) is 19.3 Å². The van der Waals surface area contributed by atoms with Crippen molar-refractivity contribution in [2.45, 2.75) is 43.0 Å². The Bertz CT molecular complexity index is 530. The molecule has 0 fully saturated rings. The van der Waals surface area contributed by atoms with Crippen molar-refractivity contribution in [3.63, 3.8) is 0 Å². The van der Waals surface area contributed by atoms with Crippen molar-refractivity contribution in [1.82, 2.24) is 4.98 Å². The van der Waals surface area contributed by atoms with Crippen molar-refractivity contribution in [2.75, 3.05) is 0 Å². The molecule has 0 amide bonds. The third-order valence-corrected chi connectivity index (χ3v) is 7.82. The minimum atomic E-state index is -1.58. The number of pyridine rings is 1. The molecule has 0 aliphatic heterocycles. The molecule has 0 N–H and O–H groups in total. The molecule has 95 valence electrons. The van der Waals surface area contributed by atoms with Gasteiger partial charge in [-0.25, -0.2) is 0 Å². The van der Waals surface area contributed by atoms with Crippen molar-refractivity contribution < 1.29 is 0 Å². The zero-order valence-corrected chi connectivity index (χ0v) is 15.0. The molecule has 0 saturated heterocycles. The van der Waals surface area contributed by atoms with E-state index in [0.29, 0.717) is 16.1 Å². The second kappa shape index (κ2) is 5.01. The summed E-state index contributed by atoms with van der Waals surface area (Å²) in [5, 5.41) is 9.70. The zero-order chi connectivity index (χ0) is 13.5. The van der Waals surface area contributed by atoms with Gasteiger partial charge in [0.25, 0.3) is 0 Å².